The lowest BCUT2D eigenvalue weighted by atomic mass is 9.81. The van der Waals surface area contributed by atoms with Crippen molar-refractivity contribution >= 4 is 10.8 Å². The first-order chi connectivity index (χ1) is 8.80. The Morgan fingerprint density at radius 3 is 2.72 bits per heavy atom. The molecule has 1 aliphatic rings. The van der Waals surface area contributed by atoms with Crippen LogP contribution in [0.2, 0.25) is 0 Å². The minimum atomic E-state index is -0.239. The van der Waals surface area contributed by atoms with Gasteiger partial charge in [0.2, 0.25) is 0 Å². The molecule has 1 aliphatic heterocycles. The van der Waals surface area contributed by atoms with E-state index in [0.29, 0.717) is 0 Å². The van der Waals surface area contributed by atoms with Crippen LogP contribution in [0.15, 0.2) is 42.5 Å². The van der Waals surface area contributed by atoms with E-state index in [-0.39, 0.29) is 5.54 Å². The number of hydrogen-bond acceptors (Lipinski definition) is 2. The van der Waals surface area contributed by atoms with Gasteiger partial charge in [0.05, 0.1) is 0 Å². The van der Waals surface area contributed by atoms with Crippen molar-refractivity contribution in [1.82, 2.24) is 0 Å². The molecule has 0 aliphatic carbocycles. The lowest BCUT2D eigenvalue weighted by Crippen LogP contribution is -2.37. The van der Waals surface area contributed by atoms with Gasteiger partial charge in [0.1, 0.15) is 0 Å². The van der Waals surface area contributed by atoms with Gasteiger partial charge in [0.25, 0.3) is 0 Å². The number of fused-ring (bicyclic) bond motifs is 1. The van der Waals surface area contributed by atoms with Gasteiger partial charge < -0.3 is 10.5 Å². The smallest absolute Gasteiger partial charge is 0.0486 e. The van der Waals surface area contributed by atoms with Gasteiger partial charge in [-0.15, -0.1) is 0 Å². The molecule has 1 heterocycles. The summed E-state index contributed by atoms with van der Waals surface area (Å²) in [5.74, 6) is 0. The van der Waals surface area contributed by atoms with E-state index < -0.39 is 0 Å². The summed E-state index contributed by atoms with van der Waals surface area (Å²) < 4.78 is 5.54. The van der Waals surface area contributed by atoms with E-state index in [0.717, 1.165) is 32.5 Å². The third-order valence-electron chi connectivity index (χ3n) is 3.93. The monoisotopic (exact) mass is 241 g/mol. The molecule has 0 amide bonds. The molecule has 0 radical (unpaired) electrons. The summed E-state index contributed by atoms with van der Waals surface area (Å²) in [5.41, 5.74) is 7.70. The third-order valence-corrected chi connectivity index (χ3v) is 3.93. The second kappa shape index (κ2) is 4.71. The summed E-state index contributed by atoms with van der Waals surface area (Å²) >= 11 is 0. The highest BCUT2D eigenvalue weighted by atomic mass is 16.5. The highest BCUT2D eigenvalue weighted by Gasteiger charge is 2.29. The fourth-order valence-corrected chi connectivity index (χ4v) is 2.90. The molecule has 3 rings (SSSR count). The maximum atomic E-state index is 6.67. The summed E-state index contributed by atoms with van der Waals surface area (Å²) in [5, 5.41) is 2.55. The number of ether oxygens (including phenoxy) is 1. The van der Waals surface area contributed by atoms with Crippen LogP contribution in [0.4, 0.5) is 0 Å². The van der Waals surface area contributed by atoms with E-state index in [9.17, 15) is 0 Å². The molecule has 1 atom stereocenters. The standard InChI is InChI=1S/C16H19NO/c17-16(9-4-11-18-12-10-16)15-8-3-6-13-5-1-2-7-14(13)15/h1-3,5-8H,4,9-12,17H2. The van der Waals surface area contributed by atoms with Crippen LogP contribution < -0.4 is 5.73 Å². The second-order valence-electron chi connectivity index (χ2n) is 5.15. The Morgan fingerprint density at radius 2 is 1.78 bits per heavy atom. The highest BCUT2D eigenvalue weighted by molar-refractivity contribution is 5.86. The van der Waals surface area contributed by atoms with Gasteiger partial charge in [-0.1, -0.05) is 42.5 Å². The van der Waals surface area contributed by atoms with Crippen molar-refractivity contribution < 1.29 is 4.74 Å². The topological polar surface area (TPSA) is 35.2 Å². The predicted molar refractivity (Wildman–Crippen MR) is 74.5 cm³/mol. The molecule has 2 aromatic carbocycles. The molecule has 1 fully saturated rings. The second-order valence-corrected chi connectivity index (χ2v) is 5.15. The molecule has 2 aromatic rings. The van der Waals surface area contributed by atoms with Crippen LogP contribution in [0.5, 0.6) is 0 Å². The molecule has 1 unspecified atom stereocenters. The molecule has 0 spiro atoms. The normalized spacial score (nSPS) is 24.9. The maximum Gasteiger partial charge on any atom is 0.0486 e. The minimum absolute atomic E-state index is 0.239. The first-order valence-corrected chi connectivity index (χ1v) is 6.64. The number of benzene rings is 2. The Balaban J connectivity index is 2.12. The van der Waals surface area contributed by atoms with E-state index in [2.05, 4.69) is 42.5 Å². The fourth-order valence-electron chi connectivity index (χ4n) is 2.90. The first-order valence-electron chi connectivity index (χ1n) is 6.64. The van der Waals surface area contributed by atoms with Crippen LogP contribution in [0, 0.1) is 0 Å². The average molecular weight is 241 g/mol. The Bertz CT molecular complexity index is 536. The lowest BCUT2D eigenvalue weighted by Gasteiger charge is -2.29. The molecule has 2 N–H and O–H groups in total. The molecule has 1 saturated heterocycles. The fraction of sp³-hybridized carbons (Fsp3) is 0.375. The predicted octanol–water partition coefficient (Wildman–Crippen LogP) is 3.19. The van der Waals surface area contributed by atoms with Gasteiger partial charge >= 0.3 is 0 Å². The quantitative estimate of drug-likeness (QED) is 0.832. The van der Waals surface area contributed by atoms with Crippen molar-refractivity contribution in [2.75, 3.05) is 13.2 Å². The molecule has 2 nitrogen and oxygen atoms in total. The largest absolute Gasteiger partial charge is 0.381 e. The van der Waals surface area contributed by atoms with E-state index in [4.69, 9.17) is 10.5 Å². The summed E-state index contributed by atoms with van der Waals surface area (Å²) in [6, 6.07) is 14.9. The van der Waals surface area contributed by atoms with Crippen molar-refractivity contribution in [3.63, 3.8) is 0 Å². The van der Waals surface area contributed by atoms with Crippen molar-refractivity contribution in [1.29, 1.82) is 0 Å². The zero-order valence-corrected chi connectivity index (χ0v) is 10.6. The Labute approximate surface area is 108 Å². The molecule has 0 aromatic heterocycles. The van der Waals surface area contributed by atoms with Crippen molar-refractivity contribution in [2.45, 2.75) is 24.8 Å². The lowest BCUT2D eigenvalue weighted by molar-refractivity contribution is 0.139. The zero-order valence-electron chi connectivity index (χ0n) is 10.6. The molecule has 2 heteroatoms. The van der Waals surface area contributed by atoms with Crippen LogP contribution in [-0.2, 0) is 10.3 Å². The van der Waals surface area contributed by atoms with E-state index in [1.54, 1.807) is 0 Å². The van der Waals surface area contributed by atoms with Gasteiger partial charge in [-0.2, -0.15) is 0 Å². The highest BCUT2D eigenvalue weighted by Crippen LogP contribution is 2.34. The molecule has 18 heavy (non-hydrogen) atoms. The Morgan fingerprint density at radius 1 is 0.944 bits per heavy atom. The molecule has 94 valence electrons. The van der Waals surface area contributed by atoms with E-state index in [1.165, 1.54) is 16.3 Å². The summed E-state index contributed by atoms with van der Waals surface area (Å²) in [6.07, 6.45) is 2.95. The minimum Gasteiger partial charge on any atom is -0.381 e. The van der Waals surface area contributed by atoms with Crippen LogP contribution in [0.25, 0.3) is 10.8 Å². The van der Waals surface area contributed by atoms with Crippen molar-refractivity contribution in [3.8, 4) is 0 Å². The average Bonchev–Trinajstić information content (AvgIpc) is 2.64. The summed E-state index contributed by atoms with van der Waals surface area (Å²) in [6.45, 7) is 1.60. The van der Waals surface area contributed by atoms with E-state index >= 15 is 0 Å². The van der Waals surface area contributed by atoms with Crippen molar-refractivity contribution in [3.05, 3.63) is 48.0 Å². The van der Waals surface area contributed by atoms with Crippen LogP contribution in [0.1, 0.15) is 24.8 Å². The SMILES string of the molecule is NC1(c2cccc3ccccc23)CCCOCC1. The molecule has 0 saturated carbocycles. The molecule has 0 bridgehead atoms. The molecular formula is C16H19NO. The molecular weight excluding hydrogens is 222 g/mol. The van der Waals surface area contributed by atoms with Crippen molar-refractivity contribution in [2.24, 2.45) is 5.73 Å². The van der Waals surface area contributed by atoms with Gasteiger partial charge in [0.15, 0.2) is 0 Å². The summed E-state index contributed by atoms with van der Waals surface area (Å²) in [4.78, 5) is 0. The Hall–Kier alpha value is -1.38. The van der Waals surface area contributed by atoms with Gasteiger partial charge in [-0.25, -0.2) is 0 Å². The van der Waals surface area contributed by atoms with Crippen LogP contribution >= 0.6 is 0 Å². The Kier molecular flexibility index (Phi) is 3.06. The number of rotatable bonds is 1. The van der Waals surface area contributed by atoms with Gasteiger partial charge in [0, 0.05) is 18.8 Å². The summed E-state index contributed by atoms with van der Waals surface area (Å²) in [7, 11) is 0. The van der Waals surface area contributed by atoms with Gasteiger partial charge in [-0.05, 0) is 35.6 Å². The van der Waals surface area contributed by atoms with Gasteiger partial charge in [-0.3, -0.25) is 0 Å². The van der Waals surface area contributed by atoms with Crippen LogP contribution in [0.3, 0.4) is 0 Å². The third kappa shape index (κ3) is 2.02. The maximum absolute atomic E-state index is 6.67. The van der Waals surface area contributed by atoms with Crippen LogP contribution in [-0.4, -0.2) is 13.2 Å². The number of hydrogen-bond donors (Lipinski definition) is 1. The first kappa shape index (κ1) is 11.7. The number of nitrogens with two attached hydrogens (primary N) is 1. The zero-order chi connectivity index (χ0) is 12.4. The van der Waals surface area contributed by atoms with E-state index in [1.807, 2.05) is 0 Å².